The van der Waals surface area contributed by atoms with E-state index in [1.807, 2.05) is 6.92 Å². The zero-order chi connectivity index (χ0) is 21.0. The number of para-hydroxylation sites is 1. The number of amides is 1. The molecule has 0 unspecified atom stereocenters. The Hall–Kier alpha value is -3.48. The number of carbonyl (C=O) groups is 2. The lowest BCUT2D eigenvalue weighted by Gasteiger charge is -2.14. The normalized spacial score (nSPS) is 10.8. The van der Waals surface area contributed by atoms with Gasteiger partial charge in [0.1, 0.15) is 6.54 Å². The Morgan fingerprint density at radius 2 is 1.66 bits per heavy atom. The van der Waals surface area contributed by atoms with Crippen LogP contribution in [0.4, 0.5) is 5.69 Å². The summed E-state index contributed by atoms with van der Waals surface area (Å²) in [5, 5.41) is 3.13. The third-order valence-corrected chi connectivity index (χ3v) is 4.74. The van der Waals surface area contributed by atoms with Crippen molar-refractivity contribution in [2.75, 3.05) is 5.32 Å². The van der Waals surface area contributed by atoms with Gasteiger partial charge in [-0.15, -0.1) is 0 Å². The Bertz CT molecular complexity index is 1170. The molecule has 7 heteroatoms. The average molecular weight is 393 g/mol. The Morgan fingerprint density at radius 1 is 0.966 bits per heavy atom. The number of unbranched alkanes of at least 4 members (excludes halogenated alkanes) is 1. The monoisotopic (exact) mass is 393 g/mol. The fourth-order valence-corrected chi connectivity index (χ4v) is 3.17. The van der Waals surface area contributed by atoms with Gasteiger partial charge in [-0.25, -0.2) is 4.79 Å². The second kappa shape index (κ2) is 8.68. The Morgan fingerprint density at radius 3 is 2.31 bits per heavy atom. The maximum atomic E-state index is 12.9. The summed E-state index contributed by atoms with van der Waals surface area (Å²) in [7, 11) is 0. The van der Waals surface area contributed by atoms with Crippen molar-refractivity contribution < 1.29 is 9.59 Å². The highest BCUT2D eigenvalue weighted by molar-refractivity contribution is 5.95. The van der Waals surface area contributed by atoms with E-state index in [0.29, 0.717) is 35.1 Å². The van der Waals surface area contributed by atoms with Crippen LogP contribution in [0.3, 0.4) is 0 Å². The molecule has 1 aromatic heterocycles. The van der Waals surface area contributed by atoms with Crippen LogP contribution < -0.4 is 16.6 Å². The Balaban J connectivity index is 1.94. The fourth-order valence-electron chi connectivity index (χ4n) is 3.17. The van der Waals surface area contributed by atoms with Gasteiger partial charge in [-0.3, -0.25) is 23.5 Å². The summed E-state index contributed by atoms with van der Waals surface area (Å²) in [6.07, 6.45) is 1.54. The van der Waals surface area contributed by atoms with Gasteiger partial charge in [0.15, 0.2) is 5.78 Å². The molecule has 0 aliphatic carbocycles. The van der Waals surface area contributed by atoms with Crippen molar-refractivity contribution in [3.63, 3.8) is 0 Å². The van der Waals surface area contributed by atoms with Crippen molar-refractivity contribution in [1.82, 2.24) is 9.13 Å². The fraction of sp³-hybridized carbons (Fsp3) is 0.273. The highest BCUT2D eigenvalue weighted by Gasteiger charge is 2.15. The van der Waals surface area contributed by atoms with E-state index in [4.69, 9.17) is 0 Å². The number of ketones is 1. The third kappa shape index (κ3) is 4.34. The average Bonchev–Trinajstić information content (AvgIpc) is 2.71. The maximum Gasteiger partial charge on any atom is 0.331 e. The van der Waals surface area contributed by atoms with E-state index in [9.17, 15) is 19.2 Å². The van der Waals surface area contributed by atoms with Crippen molar-refractivity contribution >= 4 is 28.3 Å². The molecule has 150 valence electrons. The number of rotatable bonds is 7. The predicted octanol–water partition coefficient (Wildman–Crippen LogP) is 2.80. The molecule has 0 atom stereocenters. The van der Waals surface area contributed by atoms with Crippen molar-refractivity contribution in [2.24, 2.45) is 0 Å². The number of nitrogens with one attached hydrogen (secondary N) is 1. The molecular formula is C22H23N3O4. The molecule has 7 nitrogen and oxygen atoms in total. The second-order valence-corrected chi connectivity index (χ2v) is 6.88. The van der Waals surface area contributed by atoms with Crippen LogP contribution in [0.15, 0.2) is 58.1 Å². The molecule has 0 saturated carbocycles. The van der Waals surface area contributed by atoms with E-state index in [1.165, 1.54) is 16.1 Å². The third-order valence-electron chi connectivity index (χ3n) is 4.74. The number of nitrogens with zero attached hydrogens (tertiary/aromatic N) is 2. The van der Waals surface area contributed by atoms with E-state index in [-0.39, 0.29) is 17.9 Å². The Kier molecular flexibility index (Phi) is 6.07. The maximum absolute atomic E-state index is 12.9. The number of benzene rings is 2. The summed E-state index contributed by atoms with van der Waals surface area (Å²) in [5.41, 5.74) is 0.668. The number of aromatic nitrogens is 2. The highest BCUT2D eigenvalue weighted by atomic mass is 16.2. The summed E-state index contributed by atoms with van der Waals surface area (Å²) < 4.78 is 2.52. The smallest absolute Gasteiger partial charge is 0.325 e. The predicted molar refractivity (Wildman–Crippen MR) is 112 cm³/mol. The molecule has 2 aromatic carbocycles. The lowest BCUT2D eigenvalue weighted by Crippen LogP contribution is -2.41. The van der Waals surface area contributed by atoms with E-state index >= 15 is 0 Å². The van der Waals surface area contributed by atoms with Crippen molar-refractivity contribution in [3.05, 3.63) is 74.9 Å². The van der Waals surface area contributed by atoms with Crippen molar-refractivity contribution in [3.8, 4) is 0 Å². The van der Waals surface area contributed by atoms with Gasteiger partial charge in [0.2, 0.25) is 5.91 Å². The number of Topliss-reactive ketones (excluding diaryl/α,β-unsaturated/α-hetero) is 1. The van der Waals surface area contributed by atoms with Gasteiger partial charge in [0.25, 0.3) is 5.56 Å². The molecule has 1 N–H and O–H groups in total. The van der Waals surface area contributed by atoms with E-state index in [2.05, 4.69) is 5.32 Å². The van der Waals surface area contributed by atoms with Gasteiger partial charge in [-0.05, 0) is 49.7 Å². The van der Waals surface area contributed by atoms with Crippen LogP contribution in [0.5, 0.6) is 0 Å². The highest BCUT2D eigenvalue weighted by Crippen LogP contribution is 2.11. The van der Waals surface area contributed by atoms with Gasteiger partial charge in [-0.2, -0.15) is 0 Å². The lowest BCUT2D eigenvalue weighted by molar-refractivity contribution is -0.116. The van der Waals surface area contributed by atoms with Crippen molar-refractivity contribution in [1.29, 1.82) is 0 Å². The zero-order valence-electron chi connectivity index (χ0n) is 16.5. The summed E-state index contributed by atoms with van der Waals surface area (Å²) in [6, 6.07) is 13.3. The molecule has 0 bridgehead atoms. The molecule has 0 saturated heterocycles. The minimum atomic E-state index is -0.496. The lowest BCUT2D eigenvalue weighted by atomic mass is 10.1. The molecule has 0 aliphatic heterocycles. The molecule has 0 spiro atoms. The molecular weight excluding hydrogens is 370 g/mol. The van der Waals surface area contributed by atoms with E-state index in [1.54, 1.807) is 48.5 Å². The first-order chi connectivity index (χ1) is 13.9. The molecule has 3 aromatic rings. The number of carbonyl (C=O) groups excluding carboxylic acids is 2. The van der Waals surface area contributed by atoms with Gasteiger partial charge >= 0.3 is 5.69 Å². The molecule has 0 radical (unpaired) electrons. The van der Waals surface area contributed by atoms with E-state index in [0.717, 1.165) is 6.42 Å². The van der Waals surface area contributed by atoms with Crippen LogP contribution in [0, 0.1) is 0 Å². The van der Waals surface area contributed by atoms with Gasteiger partial charge < -0.3 is 5.32 Å². The minimum absolute atomic E-state index is 0.0600. The summed E-state index contributed by atoms with van der Waals surface area (Å²) in [5.74, 6) is -0.455. The molecule has 3 rings (SSSR count). The molecule has 0 aliphatic rings. The molecule has 1 heterocycles. The van der Waals surface area contributed by atoms with Crippen LogP contribution in [0.1, 0.15) is 37.0 Å². The topological polar surface area (TPSA) is 90.2 Å². The summed E-state index contributed by atoms with van der Waals surface area (Å²) in [4.78, 5) is 49.6. The van der Waals surface area contributed by atoms with Crippen molar-refractivity contribution in [2.45, 2.75) is 39.8 Å². The largest absolute Gasteiger partial charge is 0.331 e. The van der Waals surface area contributed by atoms with Crippen LogP contribution >= 0.6 is 0 Å². The molecule has 0 fully saturated rings. The van der Waals surface area contributed by atoms with Crippen LogP contribution in [0.25, 0.3) is 10.9 Å². The van der Waals surface area contributed by atoms with Crippen LogP contribution in [0.2, 0.25) is 0 Å². The Labute approximate surface area is 167 Å². The number of hydrogen-bond acceptors (Lipinski definition) is 4. The zero-order valence-corrected chi connectivity index (χ0v) is 16.5. The molecule has 1 amide bonds. The van der Waals surface area contributed by atoms with Crippen LogP contribution in [-0.2, 0) is 17.9 Å². The van der Waals surface area contributed by atoms with Gasteiger partial charge in [-0.1, -0.05) is 25.5 Å². The number of anilines is 1. The van der Waals surface area contributed by atoms with Gasteiger partial charge in [0.05, 0.1) is 10.9 Å². The minimum Gasteiger partial charge on any atom is -0.325 e. The number of hydrogen-bond donors (Lipinski definition) is 1. The first kappa shape index (κ1) is 20.3. The SMILES string of the molecule is CCCCn1c(=O)c2ccccc2n(CC(=O)Nc2ccc(C(C)=O)cc2)c1=O. The summed E-state index contributed by atoms with van der Waals surface area (Å²) in [6.45, 7) is 3.54. The molecule has 29 heavy (non-hydrogen) atoms. The quantitative estimate of drug-likeness (QED) is 0.625. The summed E-state index contributed by atoms with van der Waals surface area (Å²) >= 11 is 0. The number of fused-ring (bicyclic) bond motifs is 1. The van der Waals surface area contributed by atoms with E-state index < -0.39 is 11.6 Å². The second-order valence-electron chi connectivity index (χ2n) is 6.88. The first-order valence-corrected chi connectivity index (χ1v) is 9.55. The van der Waals surface area contributed by atoms with Gasteiger partial charge in [0, 0.05) is 17.8 Å². The standard InChI is InChI=1S/C22H23N3O4/c1-3-4-13-24-21(28)18-7-5-6-8-19(18)25(22(24)29)14-20(27)23-17-11-9-16(10-12-17)15(2)26/h5-12H,3-4,13-14H2,1-2H3,(H,23,27). The first-order valence-electron chi connectivity index (χ1n) is 9.55. The van der Waals surface area contributed by atoms with Crippen LogP contribution in [-0.4, -0.2) is 20.8 Å².